The minimum Gasteiger partial charge on any atom is -0.379 e. The number of halogens is 1. The van der Waals surface area contributed by atoms with E-state index in [4.69, 9.17) is 5.73 Å². The number of hydrogen-bond acceptors (Lipinski definition) is 4. The second-order valence-electron chi connectivity index (χ2n) is 6.39. The van der Waals surface area contributed by atoms with E-state index in [0.29, 0.717) is 25.9 Å². The van der Waals surface area contributed by atoms with Crippen LogP contribution in [-0.2, 0) is 16.1 Å². The Labute approximate surface area is 160 Å². The van der Waals surface area contributed by atoms with Crippen molar-refractivity contribution in [3.8, 4) is 0 Å². The first-order valence-electron chi connectivity index (χ1n) is 7.85. The summed E-state index contributed by atoms with van der Waals surface area (Å²) in [5, 5.41) is 10.2. The molecule has 0 bridgehead atoms. The predicted molar refractivity (Wildman–Crippen MR) is 103 cm³/mol. The number of nitrogens with zero attached hydrogens (tertiary/aromatic N) is 2. The van der Waals surface area contributed by atoms with E-state index >= 15 is 0 Å². The normalized spacial score (nSPS) is 21.0. The van der Waals surface area contributed by atoms with E-state index in [2.05, 4.69) is 0 Å². The van der Waals surface area contributed by atoms with E-state index in [1.54, 1.807) is 16.8 Å². The Morgan fingerprint density at radius 1 is 1.38 bits per heavy atom. The summed E-state index contributed by atoms with van der Waals surface area (Å²) >= 11 is 0. The van der Waals surface area contributed by atoms with Crippen molar-refractivity contribution in [3.05, 3.63) is 35.4 Å². The van der Waals surface area contributed by atoms with E-state index < -0.39 is 11.5 Å². The number of benzene rings is 1. The van der Waals surface area contributed by atoms with Gasteiger partial charge in [0.2, 0.25) is 5.91 Å². The maximum atomic E-state index is 12.4. The largest absolute Gasteiger partial charge is 0.379 e. The van der Waals surface area contributed by atoms with Gasteiger partial charge in [-0.2, -0.15) is 0 Å². The number of β-amino-alcohol motifs (C(OH)–C–C–N with tert-alkyl or cyclic N) is 1. The Balaban J connectivity index is 0.00000288. The standard InChI is InChI=1S/C17H25N3O3.HI/c1-13-6-3-4-7-14(13)10-19(2)15(21)11-20-9-5-8-17(23,12-20)16(18)22;/h3-4,6-7,23H,5,8-12H2,1-2H3,(H2,18,22);1H. The third-order valence-corrected chi connectivity index (χ3v) is 4.46. The second kappa shape index (κ2) is 8.77. The van der Waals surface area contributed by atoms with Crippen LogP contribution in [0.3, 0.4) is 0 Å². The molecule has 1 aliphatic rings. The molecule has 0 aromatic heterocycles. The molecule has 3 N–H and O–H groups in total. The van der Waals surface area contributed by atoms with Crippen molar-refractivity contribution in [3.63, 3.8) is 0 Å². The fourth-order valence-electron chi connectivity index (χ4n) is 2.90. The van der Waals surface area contributed by atoms with Gasteiger partial charge in [-0.05, 0) is 37.4 Å². The molecular weight excluding hydrogens is 421 g/mol. The van der Waals surface area contributed by atoms with Gasteiger partial charge in [0.15, 0.2) is 5.60 Å². The number of rotatable bonds is 5. The van der Waals surface area contributed by atoms with Gasteiger partial charge in [0.05, 0.1) is 6.54 Å². The van der Waals surface area contributed by atoms with Crippen LogP contribution in [0.15, 0.2) is 24.3 Å². The Morgan fingerprint density at radius 3 is 2.67 bits per heavy atom. The average molecular weight is 447 g/mol. The molecular formula is C17H26IN3O3. The molecule has 2 amide bonds. The van der Waals surface area contributed by atoms with Gasteiger partial charge in [-0.3, -0.25) is 14.5 Å². The summed E-state index contributed by atoms with van der Waals surface area (Å²) in [5.41, 5.74) is 6.00. The number of hydrogen-bond donors (Lipinski definition) is 2. The van der Waals surface area contributed by atoms with Gasteiger partial charge in [-0.1, -0.05) is 24.3 Å². The molecule has 24 heavy (non-hydrogen) atoms. The van der Waals surface area contributed by atoms with Gasteiger partial charge >= 0.3 is 0 Å². The number of primary amides is 1. The molecule has 0 aliphatic carbocycles. The van der Waals surface area contributed by atoms with Crippen LogP contribution >= 0.6 is 24.0 Å². The molecule has 1 unspecified atom stereocenters. The minimum atomic E-state index is -1.52. The number of nitrogens with two attached hydrogens (primary N) is 1. The molecule has 1 heterocycles. The molecule has 1 saturated heterocycles. The lowest BCUT2D eigenvalue weighted by Crippen LogP contribution is -2.57. The number of aliphatic hydroxyl groups is 1. The van der Waals surface area contributed by atoms with Crippen LogP contribution in [0.5, 0.6) is 0 Å². The van der Waals surface area contributed by atoms with E-state index in [1.807, 2.05) is 31.2 Å². The fourth-order valence-corrected chi connectivity index (χ4v) is 2.90. The molecule has 0 saturated carbocycles. The van der Waals surface area contributed by atoms with Crippen molar-refractivity contribution in [2.45, 2.75) is 31.9 Å². The zero-order valence-electron chi connectivity index (χ0n) is 14.2. The first-order valence-corrected chi connectivity index (χ1v) is 7.85. The highest BCUT2D eigenvalue weighted by Gasteiger charge is 2.39. The van der Waals surface area contributed by atoms with Crippen LogP contribution in [0.2, 0.25) is 0 Å². The van der Waals surface area contributed by atoms with E-state index in [0.717, 1.165) is 11.1 Å². The van der Waals surface area contributed by atoms with Crippen molar-refractivity contribution in [2.24, 2.45) is 5.73 Å². The summed E-state index contributed by atoms with van der Waals surface area (Å²) in [6, 6.07) is 7.95. The molecule has 0 radical (unpaired) electrons. The summed E-state index contributed by atoms with van der Waals surface area (Å²) in [7, 11) is 1.76. The van der Waals surface area contributed by atoms with Gasteiger partial charge in [0.25, 0.3) is 5.91 Å². The third-order valence-electron chi connectivity index (χ3n) is 4.46. The number of likely N-dealkylation sites (N-methyl/N-ethyl adjacent to an activating group) is 1. The van der Waals surface area contributed by atoms with Gasteiger partial charge in [0, 0.05) is 20.1 Å². The van der Waals surface area contributed by atoms with Gasteiger partial charge in [-0.25, -0.2) is 0 Å². The van der Waals surface area contributed by atoms with Crippen molar-refractivity contribution in [1.82, 2.24) is 9.80 Å². The zero-order valence-corrected chi connectivity index (χ0v) is 16.5. The fraction of sp³-hybridized carbons (Fsp3) is 0.529. The smallest absolute Gasteiger partial charge is 0.250 e. The SMILES string of the molecule is Cc1ccccc1CN(C)C(=O)CN1CCCC(O)(C(N)=O)C1.I. The summed E-state index contributed by atoms with van der Waals surface area (Å²) in [4.78, 5) is 27.2. The third kappa shape index (κ3) is 5.15. The summed E-state index contributed by atoms with van der Waals surface area (Å²) < 4.78 is 0. The molecule has 2 rings (SSSR count). The maximum absolute atomic E-state index is 12.4. The molecule has 1 fully saturated rings. The number of aryl methyl sites for hydroxylation is 1. The molecule has 7 heteroatoms. The van der Waals surface area contributed by atoms with Crippen molar-refractivity contribution >= 4 is 35.8 Å². The van der Waals surface area contributed by atoms with E-state index in [-0.39, 0.29) is 43.0 Å². The molecule has 1 aliphatic heterocycles. The first kappa shape index (κ1) is 20.9. The lowest BCUT2D eigenvalue weighted by Gasteiger charge is -2.37. The van der Waals surface area contributed by atoms with Crippen LogP contribution in [0, 0.1) is 6.92 Å². The average Bonchev–Trinajstić information content (AvgIpc) is 2.49. The number of carbonyl (C=O) groups is 2. The Bertz CT molecular complexity index is 596. The van der Waals surface area contributed by atoms with Gasteiger partial charge < -0.3 is 15.7 Å². The zero-order chi connectivity index (χ0) is 17.0. The lowest BCUT2D eigenvalue weighted by molar-refractivity contribution is -0.145. The number of carbonyl (C=O) groups excluding carboxylic acids is 2. The van der Waals surface area contributed by atoms with Crippen LogP contribution in [0.4, 0.5) is 0 Å². The van der Waals surface area contributed by atoms with Gasteiger partial charge in [0.1, 0.15) is 0 Å². The quantitative estimate of drug-likeness (QED) is 0.657. The molecule has 1 atom stereocenters. The summed E-state index contributed by atoms with van der Waals surface area (Å²) in [5.74, 6) is -0.759. The lowest BCUT2D eigenvalue weighted by atomic mass is 9.92. The Kier molecular flexibility index (Phi) is 7.62. The maximum Gasteiger partial charge on any atom is 0.250 e. The van der Waals surface area contributed by atoms with Crippen molar-refractivity contribution in [1.29, 1.82) is 0 Å². The number of amides is 2. The summed E-state index contributed by atoms with van der Waals surface area (Å²) in [6.07, 6.45) is 1.00. The highest BCUT2D eigenvalue weighted by atomic mass is 127. The van der Waals surface area contributed by atoms with Crippen LogP contribution < -0.4 is 5.73 Å². The monoisotopic (exact) mass is 447 g/mol. The van der Waals surface area contributed by atoms with Crippen molar-refractivity contribution in [2.75, 3.05) is 26.7 Å². The summed E-state index contributed by atoms with van der Waals surface area (Å²) in [6.45, 7) is 3.54. The highest BCUT2D eigenvalue weighted by Crippen LogP contribution is 2.20. The molecule has 134 valence electrons. The second-order valence-corrected chi connectivity index (χ2v) is 6.39. The Morgan fingerprint density at radius 2 is 2.04 bits per heavy atom. The predicted octanol–water partition coefficient (Wildman–Crippen LogP) is 0.884. The first-order chi connectivity index (χ1) is 10.8. The van der Waals surface area contributed by atoms with E-state index in [1.165, 1.54) is 0 Å². The van der Waals surface area contributed by atoms with Crippen LogP contribution in [-0.4, -0.2) is 59.0 Å². The van der Waals surface area contributed by atoms with Crippen LogP contribution in [0.25, 0.3) is 0 Å². The van der Waals surface area contributed by atoms with E-state index in [9.17, 15) is 14.7 Å². The molecule has 6 nitrogen and oxygen atoms in total. The molecule has 1 aromatic rings. The van der Waals surface area contributed by atoms with Gasteiger partial charge in [-0.15, -0.1) is 24.0 Å². The highest BCUT2D eigenvalue weighted by molar-refractivity contribution is 14.0. The van der Waals surface area contributed by atoms with Crippen molar-refractivity contribution < 1.29 is 14.7 Å². The molecule has 0 spiro atoms. The number of piperidine rings is 1. The minimum absolute atomic E-state index is 0. The Hall–Kier alpha value is -1.19. The van der Waals surface area contributed by atoms with Crippen LogP contribution in [0.1, 0.15) is 24.0 Å². The topological polar surface area (TPSA) is 86.9 Å². The number of likely N-dealkylation sites (tertiary alicyclic amines) is 1. The molecule has 1 aromatic carbocycles.